The first-order chi connectivity index (χ1) is 24.2. The average Bonchev–Trinajstić information content (AvgIpc) is 3.11. The topological polar surface area (TPSA) is 74.8 Å². The molecule has 0 radical (unpaired) electrons. The van der Waals surface area contributed by atoms with Gasteiger partial charge in [0.2, 0.25) is 0 Å². The van der Waals surface area contributed by atoms with E-state index in [2.05, 4.69) is 0 Å². The fourth-order valence-electron chi connectivity index (χ4n) is 7.74. The molecule has 0 bridgehead atoms. The normalized spacial score (nSPS) is 14.4. The Morgan fingerprint density at radius 2 is 0.660 bits per heavy atom. The van der Waals surface area contributed by atoms with Crippen LogP contribution in [0.2, 0.25) is 20.1 Å². The highest BCUT2D eigenvalue weighted by atomic mass is 35.5. The Hall–Kier alpha value is -4.72. The molecule has 0 aromatic heterocycles. The SMILES string of the molecule is O=C1c2cc(Cl)c3c4c(Cl)cc5c6c(cc(Cl)c(c7c(Cl)cc(c2c37)C(=O)N1CCc1ccccc1)c64)C(=O)N(CCc1ccccc1)C5=O. The monoisotopic (exact) mass is 734 g/mol. The number of hydrogen-bond acceptors (Lipinski definition) is 4. The van der Waals surface area contributed by atoms with E-state index in [0.29, 0.717) is 55.9 Å². The van der Waals surface area contributed by atoms with Gasteiger partial charge in [-0.2, -0.15) is 0 Å². The third-order valence-electron chi connectivity index (χ3n) is 9.95. The Morgan fingerprint density at radius 1 is 0.380 bits per heavy atom. The number of rotatable bonds is 6. The van der Waals surface area contributed by atoms with Gasteiger partial charge in [0.15, 0.2) is 0 Å². The molecule has 0 unspecified atom stereocenters. The molecule has 9 rings (SSSR count). The highest BCUT2D eigenvalue weighted by Gasteiger charge is 2.39. The van der Waals surface area contributed by atoms with E-state index in [4.69, 9.17) is 46.4 Å². The Labute approximate surface area is 305 Å². The average molecular weight is 736 g/mol. The molecule has 10 heteroatoms. The first-order valence-electron chi connectivity index (χ1n) is 15.9. The predicted molar refractivity (Wildman–Crippen MR) is 199 cm³/mol. The third kappa shape index (κ3) is 4.36. The van der Waals surface area contributed by atoms with Crippen molar-refractivity contribution >= 4 is 113 Å². The number of benzene rings is 7. The summed E-state index contributed by atoms with van der Waals surface area (Å²) >= 11 is 28.3. The van der Waals surface area contributed by atoms with Gasteiger partial charge in [0.1, 0.15) is 0 Å². The highest BCUT2D eigenvalue weighted by Crippen LogP contribution is 2.53. The number of nitrogens with zero attached hydrogens (tertiary/aromatic N) is 2. The van der Waals surface area contributed by atoms with Crippen LogP contribution in [0.15, 0.2) is 84.9 Å². The van der Waals surface area contributed by atoms with Crippen LogP contribution in [0.25, 0.3) is 43.1 Å². The van der Waals surface area contributed by atoms with Crippen molar-refractivity contribution < 1.29 is 19.2 Å². The summed E-state index contributed by atoms with van der Waals surface area (Å²) < 4.78 is 0. The van der Waals surface area contributed by atoms with Crippen molar-refractivity contribution in [3.05, 3.63) is 138 Å². The van der Waals surface area contributed by atoms with Gasteiger partial charge in [0.25, 0.3) is 23.6 Å². The van der Waals surface area contributed by atoms with Gasteiger partial charge >= 0.3 is 0 Å². The molecule has 0 aliphatic carbocycles. The highest BCUT2D eigenvalue weighted by molar-refractivity contribution is 6.56. The largest absolute Gasteiger partial charge is 0.274 e. The number of carbonyl (C=O) groups excluding carboxylic acids is 4. The van der Waals surface area contributed by atoms with E-state index in [-0.39, 0.29) is 55.4 Å². The zero-order chi connectivity index (χ0) is 34.6. The standard InChI is InChI=1S/C40H22Cl4N2O4/c41-25-15-21-29-22(38(48)45(37(21)47)13-11-19-7-3-1-4-8-19)16-26(42)32-34-28(44)18-24-30-23(17-27(43)33(36(30)34)31(25)35(29)32)39(49)46(40(24)50)14-12-20-9-5-2-6-10-20/h1-10,15-18H,11-14H2. The van der Waals surface area contributed by atoms with Gasteiger partial charge in [0, 0.05) is 76.3 Å². The zero-order valence-corrected chi connectivity index (χ0v) is 29.0. The summed E-state index contributed by atoms with van der Waals surface area (Å²) in [5.41, 5.74) is 3.00. The number of halogens is 4. The van der Waals surface area contributed by atoms with Crippen LogP contribution in [0.5, 0.6) is 0 Å². The maximum Gasteiger partial charge on any atom is 0.261 e. The van der Waals surface area contributed by atoms with Crippen molar-refractivity contribution in [3.8, 4) is 0 Å². The quantitative estimate of drug-likeness (QED) is 0.0968. The summed E-state index contributed by atoms with van der Waals surface area (Å²) in [5, 5.41) is 4.36. The van der Waals surface area contributed by atoms with Crippen LogP contribution >= 0.6 is 46.4 Å². The second kappa shape index (κ2) is 11.4. The fourth-order valence-corrected chi connectivity index (χ4v) is 8.93. The van der Waals surface area contributed by atoms with Crippen molar-refractivity contribution in [2.45, 2.75) is 12.8 Å². The van der Waals surface area contributed by atoms with Gasteiger partial charge in [-0.25, -0.2) is 0 Å². The predicted octanol–water partition coefficient (Wildman–Crippen LogP) is 10.0. The van der Waals surface area contributed by atoms with Crippen molar-refractivity contribution in [2.24, 2.45) is 0 Å². The molecule has 2 aliphatic heterocycles. The van der Waals surface area contributed by atoms with Crippen molar-refractivity contribution in [3.63, 3.8) is 0 Å². The molecule has 7 aromatic rings. The molecule has 0 saturated heterocycles. The second-order valence-corrected chi connectivity index (χ2v) is 14.2. The Balaban J connectivity index is 1.28. The molecular formula is C40H22Cl4N2O4. The fraction of sp³-hybridized carbons (Fsp3) is 0.100. The minimum Gasteiger partial charge on any atom is -0.274 e. The first-order valence-corrected chi connectivity index (χ1v) is 17.4. The van der Waals surface area contributed by atoms with Crippen LogP contribution in [0.4, 0.5) is 0 Å². The molecule has 4 amide bonds. The lowest BCUT2D eigenvalue weighted by atomic mass is 9.82. The summed E-state index contributed by atoms with van der Waals surface area (Å²) in [6.45, 7) is 0.328. The summed E-state index contributed by atoms with van der Waals surface area (Å²) in [7, 11) is 0. The Kier molecular flexibility index (Phi) is 7.13. The van der Waals surface area contributed by atoms with Crippen molar-refractivity contribution in [1.82, 2.24) is 9.80 Å². The van der Waals surface area contributed by atoms with Crippen LogP contribution in [-0.2, 0) is 12.8 Å². The molecule has 50 heavy (non-hydrogen) atoms. The smallest absolute Gasteiger partial charge is 0.261 e. The number of amides is 4. The lowest BCUT2D eigenvalue weighted by Crippen LogP contribution is -2.41. The minimum atomic E-state index is -0.472. The lowest BCUT2D eigenvalue weighted by Gasteiger charge is -2.31. The summed E-state index contributed by atoms with van der Waals surface area (Å²) in [4.78, 5) is 58.6. The van der Waals surface area contributed by atoms with E-state index in [1.807, 2.05) is 60.7 Å². The van der Waals surface area contributed by atoms with E-state index in [1.165, 1.54) is 9.80 Å². The van der Waals surface area contributed by atoms with Gasteiger partial charge in [0.05, 0.1) is 22.3 Å². The number of fused-ring (bicyclic) bond motifs is 2. The van der Waals surface area contributed by atoms with E-state index in [1.54, 1.807) is 24.3 Å². The molecule has 0 N–H and O–H groups in total. The minimum absolute atomic E-state index is 0.164. The molecule has 0 fully saturated rings. The van der Waals surface area contributed by atoms with Crippen molar-refractivity contribution in [1.29, 1.82) is 0 Å². The lowest BCUT2D eigenvalue weighted by molar-refractivity contribution is 0.0597. The maximum absolute atomic E-state index is 14.0. The van der Waals surface area contributed by atoms with Gasteiger partial charge in [-0.15, -0.1) is 0 Å². The summed E-state index contributed by atoms with van der Waals surface area (Å²) in [6.07, 6.45) is 0.946. The Bertz CT molecular complexity index is 2360. The molecule has 2 heterocycles. The molecule has 0 atom stereocenters. The molecule has 2 aliphatic rings. The molecule has 0 saturated carbocycles. The summed E-state index contributed by atoms with van der Waals surface area (Å²) in [5.74, 6) is -1.89. The second-order valence-electron chi connectivity index (χ2n) is 12.6. The third-order valence-corrected chi connectivity index (χ3v) is 11.1. The van der Waals surface area contributed by atoms with Crippen molar-refractivity contribution in [2.75, 3.05) is 13.1 Å². The van der Waals surface area contributed by atoms with E-state index in [9.17, 15) is 19.2 Å². The van der Waals surface area contributed by atoms with Crippen LogP contribution < -0.4 is 0 Å². The number of hydrogen-bond donors (Lipinski definition) is 0. The van der Waals surface area contributed by atoms with Crippen LogP contribution in [0.3, 0.4) is 0 Å². The van der Waals surface area contributed by atoms with Gasteiger partial charge in [-0.1, -0.05) is 107 Å². The molecular weight excluding hydrogens is 714 g/mol. The number of carbonyl (C=O) groups is 4. The first kappa shape index (κ1) is 31.3. The van der Waals surface area contributed by atoms with Crippen LogP contribution in [-0.4, -0.2) is 46.5 Å². The van der Waals surface area contributed by atoms with Gasteiger partial charge < -0.3 is 0 Å². The zero-order valence-electron chi connectivity index (χ0n) is 26.0. The van der Waals surface area contributed by atoms with Gasteiger partial charge in [-0.05, 0) is 48.2 Å². The Morgan fingerprint density at radius 3 is 0.940 bits per heavy atom. The van der Waals surface area contributed by atoms with E-state index in [0.717, 1.165) is 11.1 Å². The maximum atomic E-state index is 14.0. The summed E-state index contributed by atoms with van der Waals surface area (Å²) in [6, 6.07) is 25.4. The molecule has 7 aromatic carbocycles. The van der Waals surface area contributed by atoms with E-state index < -0.39 is 23.6 Å². The van der Waals surface area contributed by atoms with Crippen LogP contribution in [0.1, 0.15) is 52.6 Å². The molecule has 0 spiro atoms. The molecule has 6 nitrogen and oxygen atoms in total. The molecule has 244 valence electrons. The van der Waals surface area contributed by atoms with Crippen LogP contribution in [0, 0.1) is 0 Å². The number of imide groups is 2. The van der Waals surface area contributed by atoms with E-state index >= 15 is 0 Å². The van der Waals surface area contributed by atoms with Gasteiger partial charge in [-0.3, -0.25) is 29.0 Å².